The van der Waals surface area contributed by atoms with Gasteiger partial charge in [0, 0.05) is 10.6 Å². The van der Waals surface area contributed by atoms with Gasteiger partial charge in [0.05, 0.1) is 12.7 Å². The molecular weight excluding hydrogens is 258 g/mol. The zero-order valence-electron chi connectivity index (χ0n) is 8.91. The molecule has 0 unspecified atom stereocenters. The molecule has 0 fully saturated rings. The Balaban J connectivity index is 2.29. The SMILES string of the molecule is COC(=O)c1ccc(N)c(Sc2ncns2)c1. The first-order chi connectivity index (χ1) is 8.20. The average molecular weight is 267 g/mol. The molecule has 0 saturated carbocycles. The van der Waals surface area contributed by atoms with Gasteiger partial charge in [-0.3, -0.25) is 0 Å². The van der Waals surface area contributed by atoms with Crippen LogP contribution in [-0.2, 0) is 4.74 Å². The molecule has 0 aliphatic heterocycles. The molecular formula is C10H9N3O2S2. The highest BCUT2D eigenvalue weighted by Gasteiger charge is 2.10. The van der Waals surface area contributed by atoms with Gasteiger partial charge in [-0.2, -0.15) is 4.37 Å². The highest BCUT2D eigenvalue weighted by Crippen LogP contribution is 2.33. The van der Waals surface area contributed by atoms with E-state index in [0.717, 1.165) is 9.24 Å². The maximum atomic E-state index is 11.4. The van der Waals surface area contributed by atoms with Crippen LogP contribution in [-0.4, -0.2) is 22.4 Å². The molecule has 88 valence electrons. The zero-order chi connectivity index (χ0) is 12.3. The summed E-state index contributed by atoms with van der Waals surface area (Å²) in [5.41, 5.74) is 6.89. The second kappa shape index (κ2) is 5.15. The second-order valence-electron chi connectivity index (χ2n) is 3.05. The van der Waals surface area contributed by atoms with Crippen LogP contribution in [0, 0.1) is 0 Å². The van der Waals surface area contributed by atoms with E-state index in [-0.39, 0.29) is 5.97 Å². The summed E-state index contributed by atoms with van der Waals surface area (Å²) in [5, 5.41) is 0. The van der Waals surface area contributed by atoms with Crippen molar-refractivity contribution in [3.8, 4) is 0 Å². The van der Waals surface area contributed by atoms with Crippen LogP contribution in [0.25, 0.3) is 0 Å². The van der Waals surface area contributed by atoms with Gasteiger partial charge in [-0.15, -0.1) is 0 Å². The molecule has 0 aliphatic rings. The van der Waals surface area contributed by atoms with Gasteiger partial charge in [0.25, 0.3) is 0 Å². The molecule has 5 nitrogen and oxygen atoms in total. The predicted octanol–water partition coefficient (Wildman–Crippen LogP) is 2.06. The van der Waals surface area contributed by atoms with Crippen LogP contribution in [0.4, 0.5) is 5.69 Å². The Bertz CT molecular complexity index is 528. The summed E-state index contributed by atoms with van der Waals surface area (Å²) in [5.74, 6) is -0.385. The van der Waals surface area contributed by atoms with Crippen LogP contribution >= 0.6 is 23.3 Å². The van der Waals surface area contributed by atoms with E-state index in [1.807, 2.05) is 0 Å². The van der Waals surface area contributed by atoms with E-state index in [1.165, 1.54) is 36.7 Å². The lowest BCUT2D eigenvalue weighted by molar-refractivity contribution is 0.0600. The smallest absolute Gasteiger partial charge is 0.337 e. The molecule has 1 aromatic carbocycles. The number of hydrogen-bond acceptors (Lipinski definition) is 7. The third-order valence-electron chi connectivity index (χ3n) is 1.97. The summed E-state index contributed by atoms with van der Waals surface area (Å²) in [7, 11) is 1.34. The van der Waals surface area contributed by atoms with E-state index in [0.29, 0.717) is 11.3 Å². The number of methoxy groups -OCH3 is 1. The summed E-state index contributed by atoms with van der Waals surface area (Å²) >= 11 is 2.65. The van der Waals surface area contributed by atoms with Crippen LogP contribution in [0.5, 0.6) is 0 Å². The first kappa shape index (κ1) is 11.9. The van der Waals surface area contributed by atoms with Crippen LogP contribution < -0.4 is 5.73 Å². The summed E-state index contributed by atoms with van der Waals surface area (Å²) in [6.07, 6.45) is 1.48. The third kappa shape index (κ3) is 2.75. The van der Waals surface area contributed by atoms with Crippen LogP contribution in [0.15, 0.2) is 33.8 Å². The van der Waals surface area contributed by atoms with Gasteiger partial charge in [-0.25, -0.2) is 9.78 Å². The average Bonchev–Trinajstić information content (AvgIpc) is 2.84. The molecule has 2 aromatic rings. The Morgan fingerprint density at radius 1 is 1.53 bits per heavy atom. The number of esters is 1. The minimum atomic E-state index is -0.385. The molecule has 0 saturated heterocycles. The van der Waals surface area contributed by atoms with Gasteiger partial charge in [0.1, 0.15) is 6.33 Å². The summed E-state index contributed by atoms with van der Waals surface area (Å²) < 4.78 is 9.33. The lowest BCUT2D eigenvalue weighted by Crippen LogP contribution is -2.02. The molecule has 0 atom stereocenters. The standard InChI is InChI=1S/C10H9N3O2S2/c1-15-9(14)6-2-3-7(11)8(4-6)16-10-12-5-13-17-10/h2-5H,11H2,1H3. The van der Waals surface area contributed by atoms with Crippen molar-refractivity contribution in [2.45, 2.75) is 9.24 Å². The van der Waals surface area contributed by atoms with Crippen molar-refractivity contribution < 1.29 is 9.53 Å². The van der Waals surface area contributed by atoms with E-state index >= 15 is 0 Å². The number of carbonyl (C=O) groups excluding carboxylic acids is 1. The first-order valence-corrected chi connectivity index (χ1v) is 6.22. The lowest BCUT2D eigenvalue weighted by Gasteiger charge is -2.05. The number of anilines is 1. The molecule has 1 heterocycles. The number of nitrogens with zero attached hydrogens (tertiary/aromatic N) is 2. The third-order valence-corrected chi connectivity index (χ3v) is 3.76. The normalized spacial score (nSPS) is 10.2. The number of aromatic nitrogens is 2. The fourth-order valence-electron chi connectivity index (χ4n) is 1.17. The molecule has 2 rings (SSSR count). The number of carbonyl (C=O) groups is 1. The minimum absolute atomic E-state index is 0.385. The highest BCUT2D eigenvalue weighted by atomic mass is 32.2. The fourth-order valence-corrected chi connectivity index (χ4v) is 2.66. The van der Waals surface area contributed by atoms with Gasteiger partial charge in [-0.05, 0) is 29.7 Å². The van der Waals surface area contributed by atoms with Gasteiger partial charge < -0.3 is 10.5 Å². The fraction of sp³-hybridized carbons (Fsp3) is 0.100. The topological polar surface area (TPSA) is 78.1 Å². The number of nitrogen functional groups attached to an aromatic ring is 1. The van der Waals surface area contributed by atoms with Crippen molar-refractivity contribution in [2.24, 2.45) is 0 Å². The Labute approximate surface area is 106 Å². The van der Waals surface area contributed by atoms with Gasteiger partial charge in [-0.1, -0.05) is 11.8 Å². The molecule has 0 radical (unpaired) electrons. The monoisotopic (exact) mass is 267 g/mol. The molecule has 1 aromatic heterocycles. The summed E-state index contributed by atoms with van der Waals surface area (Å²) in [4.78, 5) is 16.2. The van der Waals surface area contributed by atoms with Gasteiger partial charge in [0.15, 0.2) is 4.34 Å². The maximum absolute atomic E-state index is 11.4. The van der Waals surface area contributed by atoms with Gasteiger partial charge in [0.2, 0.25) is 0 Å². The lowest BCUT2D eigenvalue weighted by atomic mass is 10.2. The van der Waals surface area contributed by atoms with Crippen LogP contribution in [0.1, 0.15) is 10.4 Å². The molecule has 2 N–H and O–H groups in total. The molecule has 0 bridgehead atoms. The van der Waals surface area contributed by atoms with E-state index in [9.17, 15) is 4.79 Å². The Morgan fingerprint density at radius 3 is 3.00 bits per heavy atom. The van der Waals surface area contributed by atoms with E-state index in [2.05, 4.69) is 14.1 Å². The van der Waals surface area contributed by atoms with E-state index < -0.39 is 0 Å². The van der Waals surface area contributed by atoms with Crippen LogP contribution in [0.3, 0.4) is 0 Å². The Kier molecular flexibility index (Phi) is 3.60. The van der Waals surface area contributed by atoms with Crippen molar-refractivity contribution in [1.82, 2.24) is 9.36 Å². The number of hydrogen-bond donors (Lipinski definition) is 1. The largest absolute Gasteiger partial charge is 0.465 e. The van der Waals surface area contributed by atoms with E-state index in [4.69, 9.17) is 5.73 Å². The number of ether oxygens (including phenoxy) is 1. The molecule has 17 heavy (non-hydrogen) atoms. The summed E-state index contributed by atoms with van der Waals surface area (Å²) in [6.45, 7) is 0. The van der Waals surface area contributed by atoms with Crippen molar-refractivity contribution in [3.63, 3.8) is 0 Å². The molecule has 0 aliphatic carbocycles. The molecule has 7 heteroatoms. The van der Waals surface area contributed by atoms with Crippen molar-refractivity contribution >= 4 is 35.0 Å². The van der Waals surface area contributed by atoms with Crippen LogP contribution in [0.2, 0.25) is 0 Å². The quantitative estimate of drug-likeness (QED) is 0.677. The first-order valence-electron chi connectivity index (χ1n) is 4.63. The summed E-state index contributed by atoms with van der Waals surface area (Å²) in [6, 6.07) is 4.99. The van der Waals surface area contributed by atoms with Crippen molar-refractivity contribution in [3.05, 3.63) is 30.1 Å². The highest BCUT2D eigenvalue weighted by molar-refractivity contribution is 8.01. The van der Waals surface area contributed by atoms with Crippen molar-refractivity contribution in [1.29, 1.82) is 0 Å². The number of rotatable bonds is 3. The Hall–Kier alpha value is -1.60. The van der Waals surface area contributed by atoms with E-state index in [1.54, 1.807) is 18.2 Å². The second-order valence-corrected chi connectivity index (χ2v) is 5.12. The number of benzene rings is 1. The Morgan fingerprint density at radius 2 is 2.35 bits per heavy atom. The minimum Gasteiger partial charge on any atom is -0.465 e. The number of nitrogens with two attached hydrogens (primary N) is 1. The van der Waals surface area contributed by atoms with Gasteiger partial charge >= 0.3 is 5.97 Å². The maximum Gasteiger partial charge on any atom is 0.337 e. The zero-order valence-corrected chi connectivity index (χ0v) is 10.5. The van der Waals surface area contributed by atoms with Crippen molar-refractivity contribution in [2.75, 3.05) is 12.8 Å². The molecule has 0 amide bonds. The molecule has 0 spiro atoms. The predicted molar refractivity (Wildman–Crippen MR) is 66.2 cm³/mol.